The van der Waals surface area contributed by atoms with Crippen LogP contribution in [0, 0.1) is 0 Å². The minimum absolute atomic E-state index is 0.304. The van der Waals surface area contributed by atoms with Crippen molar-refractivity contribution in [2.24, 2.45) is 0 Å². The highest BCUT2D eigenvalue weighted by atomic mass is 32.1. The summed E-state index contributed by atoms with van der Waals surface area (Å²) in [5, 5.41) is 0.304. The summed E-state index contributed by atoms with van der Waals surface area (Å²) in [5.74, 6) is 0. The van der Waals surface area contributed by atoms with E-state index in [4.69, 9.17) is 4.74 Å². The Bertz CT molecular complexity index is 52.0. The third-order valence-corrected chi connectivity index (χ3v) is 0.604. The van der Waals surface area contributed by atoms with Crippen molar-refractivity contribution in [1.82, 2.24) is 0 Å². The molecule has 0 radical (unpaired) electrons. The first kappa shape index (κ1) is 6.89. The lowest BCUT2D eigenvalue weighted by Crippen LogP contribution is -1.99. The Hall–Kier alpha value is -0.110. The number of hydrogen-bond acceptors (Lipinski definition) is 2. The molecule has 0 fully saturated rings. The van der Waals surface area contributed by atoms with Crippen molar-refractivity contribution in [3.8, 4) is 0 Å². The van der Waals surface area contributed by atoms with E-state index in [9.17, 15) is 0 Å². The predicted molar refractivity (Wildman–Crippen MR) is 34.6 cm³/mol. The molecule has 0 aliphatic heterocycles. The monoisotopic (exact) mass is 118 g/mol. The molecule has 42 valence electrons. The fourth-order valence-electron chi connectivity index (χ4n) is 0.207. The van der Waals surface area contributed by atoms with Crippen LogP contribution in [-0.4, -0.2) is 11.9 Å². The first-order valence-electron chi connectivity index (χ1n) is 2.18. The van der Waals surface area contributed by atoms with Gasteiger partial charge >= 0.3 is 0 Å². The summed E-state index contributed by atoms with van der Waals surface area (Å²) >= 11 is 4.06. The van der Waals surface area contributed by atoms with Gasteiger partial charge in [-0.05, 0) is 0 Å². The van der Waals surface area contributed by atoms with Gasteiger partial charge in [0.05, 0.1) is 12.9 Å². The van der Waals surface area contributed by atoms with Crippen LogP contribution >= 0.6 is 12.6 Å². The second kappa shape index (κ2) is 4.06. The lowest BCUT2D eigenvalue weighted by molar-refractivity contribution is 0.256. The molecule has 0 rings (SSSR count). The maximum absolute atomic E-state index is 4.78. The topological polar surface area (TPSA) is 9.23 Å². The zero-order valence-electron chi connectivity index (χ0n) is 4.42. The van der Waals surface area contributed by atoms with Gasteiger partial charge in [0.1, 0.15) is 0 Å². The fraction of sp³-hybridized carbons (Fsp3) is 0.600. The zero-order valence-corrected chi connectivity index (χ0v) is 5.32. The molecule has 0 saturated heterocycles. The van der Waals surface area contributed by atoms with Gasteiger partial charge in [-0.3, -0.25) is 0 Å². The van der Waals surface area contributed by atoms with Gasteiger partial charge in [-0.25, -0.2) is 0 Å². The standard InChI is InChI=1S/C5H10OS/c1-3-6-4-5(2)7/h3,5,7H,1,4H2,2H3. The molecule has 1 atom stereocenters. The van der Waals surface area contributed by atoms with E-state index >= 15 is 0 Å². The van der Waals surface area contributed by atoms with Gasteiger partial charge in [0, 0.05) is 5.25 Å². The second-order valence-corrected chi connectivity index (χ2v) is 2.23. The van der Waals surface area contributed by atoms with E-state index in [1.807, 2.05) is 6.92 Å². The van der Waals surface area contributed by atoms with Gasteiger partial charge < -0.3 is 4.74 Å². The molecule has 1 unspecified atom stereocenters. The summed E-state index contributed by atoms with van der Waals surface area (Å²) < 4.78 is 4.78. The van der Waals surface area contributed by atoms with E-state index in [2.05, 4.69) is 19.2 Å². The molecule has 2 heteroatoms. The molecule has 0 aliphatic carbocycles. The maximum Gasteiger partial charge on any atom is 0.0986 e. The van der Waals surface area contributed by atoms with E-state index < -0.39 is 0 Å². The van der Waals surface area contributed by atoms with Crippen LogP contribution in [0.25, 0.3) is 0 Å². The van der Waals surface area contributed by atoms with Gasteiger partial charge in [-0.15, -0.1) is 0 Å². The number of thiol groups is 1. The molecule has 0 aromatic rings. The van der Waals surface area contributed by atoms with Crippen LogP contribution in [0.5, 0.6) is 0 Å². The highest BCUT2D eigenvalue weighted by Crippen LogP contribution is 1.91. The quantitative estimate of drug-likeness (QED) is 0.436. The summed E-state index contributed by atoms with van der Waals surface area (Å²) in [6.45, 7) is 5.99. The number of rotatable bonds is 3. The van der Waals surface area contributed by atoms with Gasteiger partial charge in [0.15, 0.2) is 0 Å². The molecule has 0 aromatic carbocycles. The highest BCUT2D eigenvalue weighted by molar-refractivity contribution is 7.80. The predicted octanol–water partition coefficient (Wildman–Crippen LogP) is 1.46. The van der Waals surface area contributed by atoms with E-state index in [1.165, 1.54) is 6.26 Å². The second-order valence-electron chi connectivity index (χ2n) is 1.35. The Labute approximate surface area is 49.8 Å². The summed E-state index contributed by atoms with van der Waals surface area (Å²) in [7, 11) is 0. The summed E-state index contributed by atoms with van der Waals surface area (Å²) in [5.41, 5.74) is 0. The number of hydrogen-bond donors (Lipinski definition) is 1. The largest absolute Gasteiger partial charge is 0.501 e. The molecule has 0 N–H and O–H groups in total. The molecule has 0 aromatic heterocycles. The van der Waals surface area contributed by atoms with Crippen LogP contribution < -0.4 is 0 Å². The van der Waals surface area contributed by atoms with Crippen molar-refractivity contribution in [2.45, 2.75) is 12.2 Å². The SMILES string of the molecule is C=COCC(C)S. The average molecular weight is 118 g/mol. The fourth-order valence-corrected chi connectivity index (χ4v) is 0.293. The van der Waals surface area contributed by atoms with E-state index in [-0.39, 0.29) is 0 Å². The van der Waals surface area contributed by atoms with Gasteiger partial charge in [-0.2, -0.15) is 12.6 Å². The summed E-state index contributed by atoms with van der Waals surface area (Å²) in [6, 6.07) is 0. The molecular weight excluding hydrogens is 108 g/mol. The highest BCUT2D eigenvalue weighted by Gasteiger charge is 1.88. The summed E-state index contributed by atoms with van der Waals surface area (Å²) in [4.78, 5) is 0. The minimum atomic E-state index is 0.304. The van der Waals surface area contributed by atoms with E-state index in [1.54, 1.807) is 0 Å². The van der Waals surface area contributed by atoms with Crippen molar-refractivity contribution in [2.75, 3.05) is 6.61 Å². The van der Waals surface area contributed by atoms with E-state index in [0.29, 0.717) is 11.9 Å². The van der Waals surface area contributed by atoms with Crippen molar-refractivity contribution < 1.29 is 4.74 Å². The van der Waals surface area contributed by atoms with Crippen LogP contribution in [-0.2, 0) is 4.74 Å². The van der Waals surface area contributed by atoms with Crippen molar-refractivity contribution in [1.29, 1.82) is 0 Å². The lowest BCUT2D eigenvalue weighted by atomic mass is 10.5. The van der Waals surface area contributed by atoms with Gasteiger partial charge in [0.2, 0.25) is 0 Å². The normalized spacial score (nSPS) is 12.9. The lowest BCUT2D eigenvalue weighted by Gasteiger charge is -1.99. The average Bonchev–Trinajstić information content (AvgIpc) is 1.61. The molecular formula is C5H10OS. The minimum Gasteiger partial charge on any atom is -0.501 e. The van der Waals surface area contributed by atoms with Gasteiger partial charge in [0.25, 0.3) is 0 Å². The first-order valence-corrected chi connectivity index (χ1v) is 2.69. The Morgan fingerprint density at radius 1 is 2.00 bits per heavy atom. The number of ether oxygens (including phenoxy) is 1. The third kappa shape index (κ3) is 5.89. The van der Waals surface area contributed by atoms with Crippen LogP contribution in [0.1, 0.15) is 6.92 Å². The van der Waals surface area contributed by atoms with Crippen LogP contribution in [0.4, 0.5) is 0 Å². The Morgan fingerprint density at radius 3 is 2.71 bits per heavy atom. The van der Waals surface area contributed by atoms with Crippen LogP contribution in [0.2, 0.25) is 0 Å². The van der Waals surface area contributed by atoms with Crippen LogP contribution in [0.15, 0.2) is 12.8 Å². The van der Waals surface area contributed by atoms with Gasteiger partial charge in [-0.1, -0.05) is 13.5 Å². The molecule has 0 spiro atoms. The Balaban J connectivity index is 2.81. The molecule has 7 heavy (non-hydrogen) atoms. The zero-order chi connectivity index (χ0) is 5.70. The Kier molecular flexibility index (Phi) is 4.00. The molecule has 0 amide bonds. The summed E-state index contributed by atoms with van der Waals surface area (Å²) in [6.07, 6.45) is 1.42. The molecule has 0 bridgehead atoms. The van der Waals surface area contributed by atoms with Crippen LogP contribution in [0.3, 0.4) is 0 Å². The molecule has 0 aliphatic rings. The van der Waals surface area contributed by atoms with Crippen molar-refractivity contribution in [3.05, 3.63) is 12.8 Å². The maximum atomic E-state index is 4.78. The molecule has 0 heterocycles. The molecule has 1 nitrogen and oxygen atoms in total. The Morgan fingerprint density at radius 2 is 2.57 bits per heavy atom. The van der Waals surface area contributed by atoms with E-state index in [0.717, 1.165) is 0 Å². The third-order valence-electron chi connectivity index (χ3n) is 0.455. The smallest absolute Gasteiger partial charge is 0.0986 e. The van der Waals surface area contributed by atoms with Crippen molar-refractivity contribution >= 4 is 12.6 Å². The molecule has 0 saturated carbocycles. The van der Waals surface area contributed by atoms with Crippen molar-refractivity contribution in [3.63, 3.8) is 0 Å². The first-order chi connectivity index (χ1) is 3.27.